The third-order valence-electron chi connectivity index (χ3n) is 7.16. The van der Waals surface area contributed by atoms with Crippen molar-refractivity contribution in [3.05, 3.63) is 0 Å². The summed E-state index contributed by atoms with van der Waals surface area (Å²) in [6.07, 6.45) is 5.72. The maximum atomic E-state index is 12.6. The predicted molar refractivity (Wildman–Crippen MR) is 82.9 cm³/mol. The fourth-order valence-electron chi connectivity index (χ4n) is 5.06. The molecule has 2 bridgehead atoms. The largest absolute Gasteiger partial charge is 0.396 e. The Morgan fingerprint density at radius 1 is 1.33 bits per heavy atom. The van der Waals surface area contributed by atoms with E-state index in [9.17, 15) is 9.90 Å². The lowest BCUT2D eigenvalue weighted by atomic mass is 9.69. The summed E-state index contributed by atoms with van der Waals surface area (Å²) < 4.78 is 0. The molecule has 21 heavy (non-hydrogen) atoms. The molecule has 4 atom stereocenters. The summed E-state index contributed by atoms with van der Waals surface area (Å²) in [5.74, 6) is 1.01. The van der Waals surface area contributed by atoms with Crippen LogP contribution in [0.1, 0.15) is 52.9 Å². The van der Waals surface area contributed by atoms with Crippen molar-refractivity contribution < 1.29 is 9.90 Å². The van der Waals surface area contributed by atoms with E-state index >= 15 is 0 Å². The molecule has 0 aromatic carbocycles. The molecule has 3 aliphatic rings. The van der Waals surface area contributed by atoms with Gasteiger partial charge in [-0.2, -0.15) is 0 Å². The van der Waals surface area contributed by atoms with Crippen LogP contribution in [0.25, 0.3) is 0 Å². The Hall–Kier alpha value is -0.770. The molecule has 3 fully saturated rings. The second-order valence-electron chi connectivity index (χ2n) is 8.25. The highest BCUT2D eigenvalue weighted by Crippen LogP contribution is 2.65. The number of carbonyl (C=O) groups is 1. The number of likely N-dealkylation sites (tertiary alicyclic amines) is 1. The zero-order valence-corrected chi connectivity index (χ0v) is 13.7. The number of piperidine rings is 1. The summed E-state index contributed by atoms with van der Waals surface area (Å²) in [6.45, 7) is 8.84. The quantitative estimate of drug-likeness (QED) is 0.822. The Morgan fingerprint density at radius 3 is 2.67 bits per heavy atom. The highest BCUT2D eigenvalue weighted by molar-refractivity contribution is 5.75. The van der Waals surface area contributed by atoms with Gasteiger partial charge in [0.2, 0.25) is 0 Å². The Morgan fingerprint density at radius 2 is 2.10 bits per heavy atom. The summed E-state index contributed by atoms with van der Waals surface area (Å²) in [6, 6.07) is 0.399. The first-order valence-corrected chi connectivity index (χ1v) is 8.55. The lowest BCUT2D eigenvalue weighted by molar-refractivity contribution is 0.105. The number of urea groups is 1. The number of rotatable bonds is 2. The standard InChI is InChI=1S/C17H30N2O2/c1-16(2)13-6-7-17(16,3)14(9-13)18-15(21)19-8-4-5-12(10-19)11-20/h12-14,20H,4-11H2,1-3H3,(H,18,21)/t12-,13-,14-,17-/m0/s1. The molecule has 0 aromatic heterocycles. The van der Waals surface area contributed by atoms with E-state index in [1.807, 2.05) is 4.90 Å². The van der Waals surface area contributed by atoms with E-state index in [4.69, 9.17) is 0 Å². The van der Waals surface area contributed by atoms with Crippen molar-refractivity contribution in [1.82, 2.24) is 10.2 Å². The van der Waals surface area contributed by atoms with Crippen LogP contribution < -0.4 is 5.32 Å². The third-order valence-corrected chi connectivity index (χ3v) is 7.16. The van der Waals surface area contributed by atoms with Crippen LogP contribution in [0.5, 0.6) is 0 Å². The minimum absolute atomic E-state index is 0.0859. The summed E-state index contributed by atoms with van der Waals surface area (Å²) in [4.78, 5) is 14.5. The van der Waals surface area contributed by atoms with Crippen LogP contribution >= 0.6 is 0 Å². The van der Waals surface area contributed by atoms with Gasteiger partial charge in [0.1, 0.15) is 0 Å². The molecule has 2 amide bonds. The summed E-state index contributed by atoms with van der Waals surface area (Å²) in [7, 11) is 0. The van der Waals surface area contributed by atoms with Crippen molar-refractivity contribution in [1.29, 1.82) is 0 Å². The average Bonchev–Trinajstić information content (AvgIpc) is 2.80. The van der Waals surface area contributed by atoms with Crippen molar-refractivity contribution in [2.75, 3.05) is 19.7 Å². The lowest BCUT2D eigenvalue weighted by Gasteiger charge is -2.41. The van der Waals surface area contributed by atoms with E-state index in [1.165, 1.54) is 12.8 Å². The van der Waals surface area contributed by atoms with E-state index in [0.717, 1.165) is 31.7 Å². The highest BCUT2D eigenvalue weighted by atomic mass is 16.3. The van der Waals surface area contributed by atoms with E-state index < -0.39 is 0 Å². The van der Waals surface area contributed by atoms with Crippen LogP contribution in [0, 0.1) is 22.7 Å². The Kier molecular flexibility index (Phi) is 3.71. The van der Waals surface area contributed by atoms with Gasteiger partial charge in [0.25, 0.3) is 0 Å². The number of hydrogen-bond donors (Lipinski definition) is 2. The fourth-order valence-corrected chi connectivity index (χ4v) is 5.06. The first-order chi connectivity index (χ1) is 9.88. The van der Waals surface area contributed by atoms with Gasteiger partial charge in [0.05, 0.1) is 0 Å². The number of hydrogen-bond acceptors (Lipinski definition) is 2. The number of carbonyl (C=O) groups excluding carboxylic acids is 1. The molecule has 4 nitrogen and oxygen atoms in total. The lowest BCUT2D eigenvalue weighted by Crippen LogP contribution is -2.53. The van der Waals surface area contributed by atoms with Crippen molar-refractivity contribution in [3.63, 3.8) is 0 Å². The smallest absolute Gasteiger partial charge is 0.317 e. The molecule has 1 aliphatic heterocycles. The van der Waals surface area contributed by atoms with Crippen LogP contribution in [0.3, 0.4) is 0 Å². The van der Waals surface area contributed by atoms with E-state index in [2.05, 4.69) is 26.1 Å². The number of amides is 2. The van der Waals surface area contributed by atoms with Crippen molar-refractivity contribution in [3.8, 4) is 0 Å². The van der Waals surface area contributed by atoms with Gasteiger partial charge in [-0.25, -0.2) is 4.79 Å². The van der Waals surface area contributed by atoms with Crippen LogP contribution in [-0.2, 0) is 0 Å². The third kappa shape index (κ3) is 2.26. The van der Waals surface area contributed by atoms with Crippen molar-refractivity contribution >= 4 is 6.03 Å². The van der Waals surface area contributed by atoms with Gasteiger partial charge in [0, 0.05) is 25.7 Å². The number of nitrogens with one attached hydrogen (secondary N) is 1. The second kappa shape index (κ2) is 5.15. The van der Waals surface area contributed by atoms with Crippen LogP contribution in [-0.4, -0.2) is 41.8 Å². The van der Waals surface area contributed by atoms with Gasteiger partial charge in [0.15, 0.2) is 0 Å². The van der Waals surface area contributed by atoms with Crippen molar-refractivity contribution in [2.24, 2.45) is 22.7 Å². The zero-order chi connectivity index (χ0) is 15.3. The molecule has 4 heteroatoms. The zero-order valence-electron chi connectivity index (χ0n) is 13.7. The second-order valence-corrected chi connectivity index (χ2v) is 8.25. The molecular weight excluding hydrogens is 264 g/mol. The molecule has 2 saturated carbocycles. The number of fused-ring (bicyclic) bond motifs is 2. The number of aliphatic hydroxyl groups excluding tert-OH is 1. The Balaban J connectivity index is 1.64. The maximum absolute atomic E-state index is 12.6. The van der Waals surface area contributed by atoms with E-state index in [0.29, 0.717) is 18.0 Å². The molecule has 0 radical (unpaired) electrons. The first-order valence-electron chi connectivity index (χ1n) is 8.55. The molecule has 2 aliphatic carbocycles. The van der Waals surface area contributed by atoms with Crippen LogP contribution in [0.15, 0.2) is 0 Å². The van der Waals surface area contributed by atoms with Crippen LogP contribution in [0.2, 0.25) is 0 Å². The maximum Gasteiger partial charge on any atom is 0.317 e. The molecule has 2 N–H and O–H groups in total. The normalized spacial score (nSPS) is 41.3. The molecule has 3 rings (SSSR count). The van der Waals surface area contributed by atoms with Gasteiger partial charge < -0.3 is 15.3 Å². The van der Waals surface area contributed by atoms with Crippen LogP contribution in [0.4, 0.5) is 4.79 Å². The molecule has 0 unspecified atom stereocenters. The molecular formula is C17H30N2O2. The average molecular weight is 294 g/mol. The number of aliphatic hydroxyl groups is 1. The fraction of sp³-hybridized carbons (Fsp3) is 0.941. The highest BCUT2D eigenvalue weighted by Gasteiger charge is 2.61. The Labute approximate surface area is 128 Å². The number of nitrogens with zero attached hydrogens (tertiary/aromatic N) is 1. The minimum atomic E-state index is 0.0859. The van der Waals surface area contributed by atoms with Gasteiger partial charge in [-0.05, 0) is 54.8 Å². The topological polar surface area (TPSA) is 52.6 Å². The monoisotopic (exact) mass is 294 g/mol. The van der Waals surface area contributed by atoms with E-state index in [1.54, 1.807) is 0 Å². The van der Waals surface area contributed by atoms with Gasteiger partial charge in [-0.3, -0.25) is 0 Å². The van der Waals surface area contributed by atoms with Gasteiger partial charge >= 0.3 is 6.03 Å². The molecule has 1 heterocycles. The van der Waals surface area contributed by atoms with E-state index in [-0.39, 0.29) is 24.0 Å². The molecule has 0 aromatic rings. The minimum Gasteiger partial charge on any atom is -0.396 e. The summed E-state index contributed by atoms with van der Waals surface area (Å²) in [5.41, 5.74) is 0.569. The van der Waals surface area contributed by atoms with Gasteiger partial charge in [-0.1, -0.05) is 20.8 Å². The molecule has 1 saturated heterocycles. The van der Waals surface area contributed by atoms with Gasteiger partial charge in [-0.15, -0.1) is 0 Å². The summed E-state index contributed by atoms with van der Waals surface area (Å²) in [5, 5.41) is 12.6. The molecule has 0 spiro atoms. The van der Waals surface area contributed by atoms with Crippen molar-refractivity contribution in [2.45, 2.75) is 58.9 Å². The predicted octanol–water partition coefficient (Wildman–Crippen LogP) is 2.62. The molecule has 120 valence electrons. The SMILES string of the molecule is CC1(C)[C@H]2CC[C@@]1(C)[C@@H](NC(=O)N1CCC[C@H](CO)C1)C2. The Bertz CT molecular complexity index is 423. The summed E-state index contributed by atoms with van der Waals surface area (Å²) >= 11 is 0. The first kappa shape index (κ1) is 15.1.